The van der Waals surface area contributed by atoms with Crippen LogP contribution in [-0.4, -0.2) is 22.3 Å². The summed E-state index contributed by atoms with van der Waals surface area (Å²) in [6.07, 6.45) is 0. The van der Waals surface area contributed by atoms with Gasteiger partial charge in [0, 0.05) is 5.39 Å². The van der Waals surface area contributed by atoms with Crippen molar-refractivity contribution in [2.75, 3.05) is 6.61 Å². The van der Waals surface area contributed by atoms with Gasteiger partial charge in [0.1, 0.15) is 4.83 Å². The molecule has 1 aromatic carbocycles. The van der Waals surface area contributed by atoms with E-state index in [1.165, 1.54) is 11.3 Å². The van der Waals surface area contributed by atoms with Gasteiger partial charge in [-0.05, 0) is 32.0 Å². The molecular weight excluding hydrogens is 286 g/mol. The number of fused-ring (bicyclic) bond motifs is 1. The third-order valence-corrected chi connectivity index (χ3v) is 4.19. The standard InChI is InChI=1S/C15H15N3O2S/c1-3-20-17-14(19)13-9-12-10(2)16-18(15(12)21-13)11-7-5-4-6-8-11/h4-9H,3H2,1-2H3,(H,17,19). The lowest BCUT2D eigenvalue weighted by Crippen LogP contribution is -2.22. The van der Waals surface area contributed by atoms with Crippen LogP contribution in [0.1, 0.15) is 22.3 Å². The summed E-state index contributed by atoms with van der Waals surface area (Å²) in [5.74, 6) is -0.225. The average Bonchev–Trinajstić information content (AvgIpc) is 3.07. The highest BCUT2D eigenvalue weighted by Crippen LogP contribution is 2.30. The molecular formula is C15H15N3O2S. The molecule has 2 heterocycles. The van der Waals surface area contributed by atoms with E-state index in [-0.39, 0.29) is 5.91 Å². The van der Waals surface area contributed by atoms with E-state index in [2.05, 4.69) is 10.6 Å². The first-order chi connectivity index (χ1) is 10.2. The second-order valence-electron chi connectivity index (χ2n) is 4.53. The Labute approximate surface area is 126 Å². The van der Waals surface area contributed by atoms with Crippen LogP contribution in [0.2, 0.25) is 0 Å². The zero-order valence-electron chi connectivity index (χ0n) is 11.8. The summed E-state index contributed by atoms with van der Waals surface area (Å²) in [5, 5.41) is 5.54. The molecule has 3 aromatic rings. The average molecular weight is 301 g/mol. The molecule has 0 radical (unpaired) electrons. The Morgan fingerprint density at radius 2 is 2.14 bits per heavy atom. The molecule has 0 saturated carbocycles. The van der Waals surface area contributed by atoms with Crippen LogP contribution < -0.4 is 5.48 Å². The summed E-state index contributed by atoms with van der Waals surface area (Å²) in [5.41, 5.74) is 4.30. The number of hydroxylamine groups is 1. The van der Waals surface area contributed by atoms with Gasteiger partial charge in [0.25, 0.3) is 5.91 Å². The Bertz CT molecular complexity index is 777. The zero-order valence-corrected chi connectivity index (χ0v) is 12.6. The fourth-order valence-corrected chi connectivity index (χ4v) is 3.16. The number of aromatic nitrogens is 2. The van der Waals surface area contributed by atoms with Crippen LogP contribution >= 0.6 is 11.3 Å². The van der Waals surface area contributed by atoms with Crippen LogP contribution in [-0.2, 0) is 4.84 Å². The summed E-state index contributed by atoms with van der Waals surface area (Å²) in [6, 6.07) is 11.7. The van der Waals surface area contributed by atoms with Crippen LogP contribution in [0, 0.1) is 6.92 Å². The van der Waals surface area contributed by atoms with Crippen molar-refractivity contribution in [3.05, 3.63) is 47.0 Å². The minimum absolute atomic E-state index is 0.225. The van der Waals surface area contributed by atoms with Crippen LogP contribution in [0.15, 0.2) is 36.4 Å². The fourth-order valence-electron chi connectivity index (χ4n) is 2.09. The van der Waals surface area contributed by atoms with Gasteiger partial charge in [0.05, 0.1) is 22.9 Å². The Hall–Kier alpha value is -2.18. The highest BCUT2D eigenvalue weighted by molar-refractivity contribution is 7.20. The molecule has 0 spiro atoms. The number of nitrogens with zero attached hydrogens (tertiary/aromatic N) is 2. The highest BCUT2D eigenvalue weighted by Gasteiger charge is 2.17. The van der Waals surface area contributed by atoms with E-state index in [0.29, 0.717) is 11.5 Å². The van der Waals surface area contributed by atoms with E-state index in [4.69, 9.17) is 4.84 Å². The van der Waals surface area contributed by atoms with Gasteiger partial charge in [-0.2, -0.15) is 5.10 Å². The summed E-state index contributed by atoms with van der Waals surface area (Å²) in [6.45, 7) is 4.20. The van der Waals surface area contributed by atoms with E-state index >= 15 is 0 Å². The Balaban J connectivity index is 2.04. The minimum Gasteiger partial charge on any atom is -0.274 e. The Kier molecular flexibility index (Phi) is 3.72. The monoisotopic (exact) mass is 301 g/mol. The maximum atomic E-state index is 12.0. The van der Waals surface area contributed by atoms with E-state index in [1.54, 1.807) is 0 Å². The van der Waals surface area contributed by atoms with Crippen LogP contribution in [0.4, 0.5) is 0 Å². The van der Waals surface area contributed by atoms with Crippen molar-refractivity contribution < 1.29 is 9.63 Å². The number of hydrogen-bond donors (Lipinski definition) is 1. The maximum Gasteiger partial charge on any atom is 0.284 e. The normalized spacial score (nSPS) is 11.0. The molecule has 0 atom stereocenters. The van der Waals surface area contributed by atoms with Crippen LogP contribution in [0.3, 0.4) is 0 Å². The number of thiophene rings is 1. The van der Waals surface area contributed by atoms with Gasteiger partial charge in [0.2, 0.25) is 0 Å². The van der Waals surface area contributed by atoms with Crippen molar-refractivity contribution in [3.63, 3.8) is 0 Å². The predicted molar refractivity (Wildman–Crippen MR) is 82.8 cm³/mol. The molecule has 0 unspecified atom stereocenters. The van der Waals surface area contributed by atoms with Gasteiger partial charge in [0.15, 0.2) is 0 Å². The molecule has 0 saturated heterocycles. The Morgan fingerprint density at radius 3 is 2.86 bits per heavy atom. The van der Waals surface area contributed by atoms with E-state index < -0.39 is 0 Å². The van der Waals surface area contributed by atoms with Crippen molar-refractivity contribution in [2.24, 2.45) is 0 Å². The topological polar surface area (TPSA) is 56.1 Å². The zero-order chi connectivity index (χ0) is 14.8. The third-order valence-electron chi connectivity index (χ3n) is 3.08. The largest absolute Gasteiger partial charge is 0.284 e. The first-order valence-corrected chi connectivity index (χ1v) is 7.49. The molecule has 0 aliphatic rings. The molecule has 21 heavy (non-hydrogen) atoms. The van der Waals surface area contributed by atoms with Gasteiger partial charge in [-0.15, -0.1) is 11.3 Å². The Morgan fingerprint density at radius 1 is 1.38 bits per heavy atom. The molecule has 0 aliphatic carbocycles. The summed E-state index contributed by atoms with van der Waals surface area (Å²) >= 11 is 1.41. The van der Waals surface area contributed by atoms with Gasteiger partial charge in [-0.1, -0.05) is 18.2 Å². The first kappa shape index (κ1) is 13.8. The number of carbonyl (C=O) groups excluding carboxylic acids is 1. The second-order valence-corrected chi connectivity index (χ2v) is 5.56. The van der Waals surface area contributed by atoms with Gasteiger partial charge in [-0.3, -0.25) is 9.63 Å². The highest BCUT2D eigenvalue weighted by atomic mass is 32.1. The number of carbonyl (C=O) groups is 1. The number of para-hydroxylation sites is 1. The lowest BCUT2D eigenvalue weighted by atomic mass is 10.3. The summed E-state index contributed by atoms with van der Waals surface area (Å²) < 4.78 is 1.87. The quantitative estimate of drug-likeness (QED) is 0.753. The van der Waals surface area contributed by atoms with Crippen molar-refractivity contribution in [3.8, 4) is 5.69 Å². The number of aryl methyl sites for hydroxylation is 1. The van der Waals surface area contributed by atoms with Gasteiger partial charge >= 0.3 is 0 Å². The molecule has 3 rings (SSSR count). The molecule has 0 fully saturated rings. The maximum absolute atomic E-state index is 12.0. The second kappa shape index (κ2) is 5.67. The van der Waals surface area contributed by atoms with Crippen LogP contribution in [0.5, 0.6) is 0 Å². The van der Waals surface area contributed by atoms with Crippen molar-refractivity contribution in [1.29, 1.82) is 0 Å². The first-order valence-electron chi connectivity index (χ1n) is 6.67. The van der Waals surface area contributed by atoms with Crippen molar-refractivity contribution in [2.45, 2.75) is 13.8 Å². The number of nitrogens with one attached hydrogen (secondary N) is 1. The molecule has 0 bridgehead atoms. The number of benzene rings is 1. The van der Waals surface area contributed by atoms with E-state index in [9.17, 15) is 4.79 Å². The third kappa shape index (κ3) is 2.55. The lowest BCUT2D eigenvalue weighted by molar-refractivity contribution is 0.0368. The van der Waals surface area contributed by atoms with E-state index in [1.807, 2.05) is 54.9 Å². The molecule has 2 aromatic heterocycles. The SMILES string of the molecule is CCONC(=O)c1cc2c(C)nn(-c3ccccc3)c2s1. The number of amides is 1. The summed E-state index contributed by atoms with van der Waals surface area (Å²) in [4.78, 5) is 18.5. The predicted octanol–water partition coefficient (Wildman–Crippen LogP) is 3.08. The molecule has 1 amide bonds. The van der Waals surface area contributed by atoms with Crippen molar-refractivity contribution >= 4 is 27.5 Å². The smallest absolute Gasteiger partial charge is 0.274 e. The fraction of sp³-hybridized carbons (Fsp3) is 0.200. The lowest BCUT2D eigenvalue weighted by Gasteiger charge is -2.02. The molecule has 0 aliphatic heterocycles. The minimum atomic E-state index is -0.225. The molecule has 108 valence electrons. The van der Waals surface area contributed by atoms with Crippen molar-refractivity contribution in [1.82, 2.24) is 15.3 Å². The molecule has 6 heteroatoms. The number of hydrogen-bond acceptors (Lipinski definition) is 4. The van der Waals surface area contributed by atoms with Gasteiger partial charge in [-0.25, -0.2) is 10.2 Å². The van der Waals surface area contributed by atoms with Gasteiger partial charge < -0.3 is 0 Å². The van der Waals surface area contributed by atoms with Crippen LogP contribution in [0.25, 0.3) is 15.9 Å². The molecule has 1 N–H and O–H groups in total. The summed E-state index contributed by atoms with van der Waals surface area (Å²) in [7, 11) is 0. The van der Waals surface area contributed by atoms with E-state index in [0.717, 1.165) is 21.6 Å². The number of rotatable bonds is 4. The molecule has 5 nitrogen and oxygen atoms in total.